The SMILES string of the molecule is CCCN(Cc1ccccc1)C(=O)C1CCCN(C(=O)OC(C)(C)C)C1. The van der Waals surface area contributed by atoms with Crippen LogP contribution < -0.4 is 0 Å². The molecule has 0 aliphatic carbocycles. The van der Waals surface area contributed by atoms with Crippen molar-refractivity contribution >= 4 is 12.0 Å². The third-order valence-electron chi connectivity index (χ3n) is 4.44. The predicted molar refractivity (Wildman–Crippen MR) is 103 cm³/mol. The van der Waals surface area contributed by atoms with Crippen LogP contribution in [0.4, 0.5) is 4.79 Å². The van der Waals surface area contributed by atoms with Crippen molar-refractivity contribution in [1.82, 2.24) is 9.80 Å². The van der Waals surface area contributed by atoms with Crippen LogP contribution >= 0.6 is 0 Å². The summed E-state index contributed by atoms with van der Waals surface area (Å²) in [6.07, 6.45) is 2.26. The zero-order valence-corrected chi connectivity index (χ0v) is 16.5. The van der Waals surface area contributed by atoms with Crippen molar-refractivity contribution in [1.29, 1.82) is 0 Å². The number of carbonyl (C=O) groups excluding carboxylic acids is 2. The highest BCUT2D eigenvalue weighted by Crippen LogP contribution is 2.22. The van der Waals surface area contributed by atoms with E-state index in [1.165, 1.54) is 0 Å². The first-order valence-electron chi connectivity index (χ1n) is 9.61. The Kier molecular flexibility index (Phi) is 7.06. The maximum atomic E-state index is 13.1. The van der Waals surface area contributed by atoms with Crippen molar-refractivity contribution in [3.63, 3.8) is 0 Å². The van der Waals surface area contributed by atoms with Crippen molar-refractivity contribution in [3.8, 4) is 0 Å². The lowest BCUT2D eigenvalue weighted by Gasteiger charge is -2.35. The van der Waals surface area contributed by atoms with E-state index in [-0.39, 0.29) is 17.9 Å². The number of hydrogen-bond donors (Lipinski definition) is 0. The Morgan fingerprint density at radius 3 is 2.54 bits per heavy atom. The Bertz CT molecular complexity index is 595. The smallest absolute Gasteiger partial charge is 0.410 e. The van der Waals surface area contributed by atoms with Crippen LogP contribution in [-0.4, -0.2) is 47.0 Å². The molecule has 0 N–H and O–H groups in total. The number of piperidine rings is 1. The zero-order valence-electron chi connectivity index (χ0n) is 16.5. The molecule has 26 heavy (non-hydrogen) atoms. The number of rotatable bonds is 5. The van der Waals surface area contributed by atoms with Gasteiger partial charge in [0.1, 0.15) is 5.60 Å². The van der Waals surface area contributed by atoms with Gasteiger partial charge in [0.15, 0.2) is 0 Å². The average Bonchev–Trinajstić information content (AvgIpc) is 2.60. The molecule has 0 bridgehead atoms. The van der Waals surface area contributed by atoms with E-state index in [9.17, 15) is 9.59 Å². The van der Waals surface area contributed by atoms with E-state index >= 15 is 0 Å². The molecule has 1 unspecified atom stereocenters. The van der Waals surface area contributed by atoms with Gasteiger partial charge in [-0.15, -0.1) is 0 Å². The lowest BCUT2D eigenvalue weighted by molar-refractivity contribution is -0.137. The van der Waals surface area contributed by atoms with Gasteiger partial charge in [-0.1, -0.05) is 37.3 Å². The summed E-state index contributed by atoms with van der Waals surface area (Å²) in [5, 5.41) is 0. The van der Waals surface area contributed by atoms with Crippen molar-refractivity contribution < 1.29 is 14.3 Å². The van der Waals surface area contributed by atoms with Crippen LogP contribution in [0.3, 0.4) is 0 Å². The highest BCUT2D eigenvalue weighted by molar-refractivity contribution is 5.80. The Morgan fingerprint density at radius 2 is 1.92 bits per heavy atom. The highest BCUT2D eigenvalue weighted by Gasteiger charge is 2.33. The summed E-state index contributed by atoms with van der Waals surface area (Å²) in [6, 6.07) is 10.1. The molecule has 1 atom stereocenters. The fourth-order valence-corrected chi connectivity index (χ4v) is 3.27. The number of benzene rings is 1. The van der Waals surface area contributed by atoms with Crippen molar-refractivity contribution in [3.05, 3.63) is 35.9 Å². The van der Waals surface area contributed by atoms with Crippen LogP contribution in [0, 0.1) is 5.92 Å². The zero-order chi connectivity index (χ0) is 19.2. The molecular formula is C21H32N2O3. The van der Waals surface area contributed by atoms with Gasteiger partial charge in [-0.25, -0.2) is 4.79 Å². The third-order valence-corrected chi connectivity index (χ3v) is 4.44. The molecule has 1 aliphatic heterocycles. The van der Waals surface area contributed by atoms with Gasteiger partial charge < -0.3 is 14.5 Å². The van der Waals surface area contributed by atoms with Gasteiger partial charge in [-0.05, 0) is 45.6 Å². The van der Waals surface area contributed by atoms with E-state index in [0.717, 1.165) is 31.4 Å². The molecule has 5 heteroatoms. The molecule has 1 saturated heterocycles. The minimum atomic E-state index is -0.518. The first-order chi connectivity index (χ1) is 12.3. The van der Waals surface area contributed by atoms with Crippen molar-refractivity contribution in [2.45, 2.75) is 59.1 Å². The predicted octanol–water partition coefficient (Wildman–Crippen LogP) is 4.07. The molecule has 0 spiro atoms. The molecule has 1 aromatic rings. The molecular weight excluding hydrogens is 328 g/mol. The van der Waals surface area contributed by atoms with Crippen LogP contribution in [0.15, 0.2) is 30.3 Å². The standard InChI is InChI=1S/C21H32N2O3/c1-5-13-22(15-17-10-7-6-8-11-17)19(24)18-12-9-14-23(16-18)20(25)26-21(2,3)4/h6-8,10-11,18H,5,9,12-16H2,1-4H3. The number of ether oxygens (including phenoxy) is 1. The van der Waals surface area contributed by atoms with E-state index in [4.69, 9.17) is 4.74 Å². The minimum absolute atomic E-state index is 0.143. The topological polar surface area (TPSA) is 49.9 Å². The van der Waals surface area contributed by atoms with Gasteiger partial charge in [0.05, 0.1) is 5.92 Å². The van der Waals surface area contributed by atoms with E-state index < -0.39 is 5.60 Å². The third kappa shape index (κ3) is 6.04. The normalized spacial score (nSPS) is 17.7. The molecule has 0 aromatic heterocycles. The molecule has 0 radical (unpaired) electrons. The van der Waals surface area contributed by atoms with Gasteiger partial charge in [-0.2, -0.15) is 0 Å². The van der Waals surface area contributed by atoms with Crippen LogP contribution in [0.2, 0.25) is 0 Å². The molecule has 2 rings (SSSR count). The summed E-state index contributed by atoms with van der Waals surface area (Å²) < 4.78 is 5.47. The van der Waals surface area contributed by atoms with E-state index in [1.54, 1.807) is 4.90 Å². The van der Waals surface area contributed by atoms with Crippen LogP contribution in [0.25, 0.3) is 0 Å². The second-order valence-corrected chi connectivity index (χ2v) is 8.01. The van der Waals surface area contributed by atoms with Crippen molar-refractivity contribution in [2.24, 2.45) is 5.92 Å². The Morgan fingerprint density at radius 1 is 1.23 bits per heavy atom. The van der Waals surface area contributed by atoms with Gasteiger partial charge in [0.2, 0.25) is 5.91 Å². The van der Waals surface area contributed by atoms with Crippen molar-refractivity contribution in [2.75, 3.05) is 19.6 Å². The van der Waals surface area contributed by atoms with E-state index in [1.807, 2.05) is 56.0 Å². The van der Waals surface area contributed by atoms with Crippen LogP contribution in [0.5, 0.6) is 0 Å². The fraction of sp³-hybridized carbons (Fsp3) is 0.619. The minimum Gasteiger partial charge on any atom is -0.444 e. The van der Waals surface area contributed by atoms with E-state index in [2.05, 4.69) is 6.92 Å². The first kappa shape index (κ1) is 20.3. The number of likely N-dealkylation sites (tertiary alicyclic amines) is 1. The number of carbonyl (C=O) groups is 2. The Labute approximate surface area is 157 Å². The van der Waals surface area contributed by atoms with Crippen LogP contribution in [0.1, 0.15) is 52.5 Å². The summed E-state index contributed by atoms with van der Waals surface area (Å²) in [5.74, 6) is -0.00417. The second-order valence-electron chi connectivity index (χ2n) is 8.01. The number of hydrogen-bond acceptors (Lipinski definition) is 3. The lowest BCUT2D eigenvalue weighted by Crippen LogP contribution is -2.48. The number of nitrogens with zero attached hydrogens (tertiary/aromatic N) is 2. The molecule has 1 fully saturated rings. The summed E-state index contributed by atoms with van der Waals surface area (Å²) in [7, 11) is 0. The van der Waals surface area contributed by atoms with Gasteiger partial charge >= 0.3 is 6.09 Å². The summed E-state index contributed by atoms with van der Waals surface area (Å²) in [6.45, 7) is 10.1. The molecule has 144 valence electrons. The van der Waals surface area contributed by atoms with E-state index in [0.29, 0.717) is 19.6 Å². The van der Waals surface area contributed by atoms with Crippen LogP contribution in [-0.2, 0) is 16.1 Å². The molecule has 1 aromatic carbocycles. The molecule has 5 nitrogen and oxygen atoms in total. The Hall–Kier alpha value is -2.04. The molecule has 2 amide bonds. The largest absolute Gasteiger partial charge is 0.444 e. The maximum Gasteiger partial charge on any atom is 0.410 e. The number of amides is 2. The fourth-order valence-electron chi connectivity index (χ4n) is 3.27. The first-order valence-corrected chi connectivity index (χ1v) is 9.61. The monoisotopic (exact) mass is 360 g/mol. The molecule has 1 aliphatic rings. The van der Waals surface area contributed by atoms with Gasteiger partial charge in [0.25, 0.3) is 0 Å². The summed E-state index contributed by atoms with van der Waals surface area (Å²) in [4.78, 5) is 29.1. The quantitative estimate of drug-likeness (QED) is 0.795. The highest BCUT2D eigenvalue weighted by atomic mass is 16.6. The second kappa shape index (κ2) is 9.06. The molecule has 0 saturated carbocycles. The summed E-state index contributed by atoms with van der Waals surface area (Å²) in [5.41, 5.74) is 0.615. The Balaban J connectivity index is 2.02. The van der Waals surface area contributed by atoms with Gasteiger partial charge in [0, 0.05) is 26.2 Å². The molecule has 1 heterocycles. The lowest BCUT2D eigenvalue weighted by atomic mass is 9.96. The van der Waals surface area contributed by atoms with Gasteiger partial charge in [-0.3, -0.25) is 4.79 Å². The summed E-state index contributed by atoms with van der Waals surface area (Å²) >= 11 is 0. The maximum absolute atomic E-state index is 13.1. The average molecular weight is 360 g/mol.